The summed E-state index contributed by atoms with van der Waals surface area (Å²) in [7, 11) is 0. The van der Waals surface area contributed by atoms with Crippen LogP contribution in [0.1, 0.15) is 66.9 Å². The van der Waals surface area contributed by atoms with Crippen molar-refractivity contribution in [1.82, 2.24) is 9.38 Å². The topological polar surface area (TPSA) is 55.6 Å². The lowest BCUT2D eigenvalue weighted by molar-refractivity contribution is -0.135. The number of nitrogens with zero attached hydrogens (tertiary/aromatic N) is 2. The third kappa shape index (κ3) is 6.12. The smallest absolute Gasteiger partial charge is 0.311 e. The van der Waals surface area contributed by atoms with E-state index in [-0.39, 0.29) is 22.8 Å². The number of benzene rings is 1. The molecule has 0 radical (unpaired) electrons. The van der Waals surface area contributed by atoms with Crippen LogP contribution in [0.25, 0.3) is 16.9 Å². The van der Waals surface area contributed by atoms with Crippen molar-refractivity contribution >= 4 is 17.4 Å². The fourth-order valence-electron chi connectivity index (χ4n) is 4.35. The van der Waals surface area contributed by atoms with Gasteiger partial charge in [0, 0.05) is 23.7 Å². The van der Waals surface area contributed by atoms with E-state index in [1.165, 1.54) is 5.56 Å². The van der Waals surface area contributed by atoms with Crippen molar-refractivity contribution in [2.45, 2.75) is 73.8 Å². The van der Waals surface area contributed by atoms with Crippen LogP contribution in [0.2, 0.25) is 0 Å². The van der Waals surface area contributed by atoms with Crippen molar-refractivity contribution in [3.63, 3.8) is 0 Å². The van der Waals surface area contributed by atoms with E-state index < -0.39 is 0 Å². The zero-order chi connectivity index (χ0) is 23.7. The summed E-state index contributed by atoms with van der Waals surface area (Å²) in [6.07, 6.45) is 3.48. The monoisotopic (exact) mass is 435 g/mol. The van der Waals surface area contributed by atoms with Crippen molar-refractivity contribution in [2.24, 2.45) is 11.3 Å². The van der Waals surface area contributed by atoms with Gasteiger partial charge in [-0.2, -0.15) is 0 Å². The van der Waals surface area contributed by atoms with Gasteiger partial charge in [-0.15, -0.1) is 0 Å². The number of carbonyl (C=O) groups is 1. The van der Waals surface area contributed by atoms with Gasteiger partial charge in [0.05, 0.1) is 0 Å². The quantitative estimate of drug-likeness (QED) is 0.324. The minimum Gasteiger partial charge on any atom is -0.427 e. The van der Waals surface area contributed by atoms with Gasteiger partial charge in [0.2, 0.25) is 0 Å². The second kappa shape index (κ2) is 8.97. The third-order valence-corrected chi connectivity index (χ3v) is 5.15. The first kappa shape index (κ1) is 23.8. The number of hydrogen-bond donors (Lipinski definition) is 1. The van der Waals surface area contributed by atoms with Crippen molar-refractivity contribution in [3.8, 4) is 17.0 Å². The minimum atomic E-state index is -0.206. The predicted molar refractivity (Wildman–Crippen MR) is 132 cm³/mol. The number of ether oxygens (including phenoxy) is 1. The highest BCUT2D eigenvalue weighted by Gasteiger charge is 2.28. The molecule has 0 atom stereocenters. The fraction of sp³-hybridized carbons (Fsp3) is 0.481. The van der Waals surface area contributed by atoms with Crippen LogP contribution >= 0.6 is 0 Å². The van der Waals surface area contributed by atoms with E-state index in [0.717, 1.165) is 29.1 Å². The molecule has 172 valence electrons. The Bertz CT molecular complexity index is 1090. The van der Waals surface area contributed by atoms with Gasteiger partial charge >= 0.3 is 5.97 Å². The third-order valence-electron chi connectivity index (χ3n) is 5.15. The summed E-state index contributed by atoms with van der Waals surface area (Å²) in [6.45, 7) is 17.3. The van der Waals surface area contributed by atoms with Crippen molar-refractivity contribution in [3.05, 3.63) is 48.2 Å². The molecule has 2 aromatic heterocycles. The maximum Gasteiger partial charge on any atom is 0.311 e. The van der Waals surface area contributed by atoms with E-state index >= 15 is 0 Å². The van der Waals surface area contributed by atoms with Gasteiger partial charge in [0.15, 0.2) is 0 Å². The average Bonchev–Trinajstić information content (AvgIpc) is 2.96. The van der Waals surface area contributed by atoms with Gasteiger partial charge in [0.1, 0.15) is 22.9 Å². The lowest BCUT2D eigenvalue weighted by Crippen LogP contribution is -2.36. The Morgan fingerprint density at radius 2 is 1.75 bits per heavy atom. The molecule has 3 aromatic rings. The molecule has 0 amide bonds. The molecular weight excluding hydrogens is 398 g/mol. The number of carbonyl (C=O) groups excluding carboxylic acids is 1. The number of fused-ring (bicyclic) bond motifs is 1. The molecule has 0 saturated heterocycles. The van der Waals surface area contributed by atoms with Gasteiger partial charge in [0.25, 0.3) is 0 Å². The van der Waals surface area contributed by atoms with Crippen LogP contribution in [0.3, 0.4) is 0 Å². The van der Waals surface area contributed by atoms with Crippen LogP contribution < -0.4 is 10.1 Å². The second-order valence-electron chi connectivity index (χ2n) is 11.1. The largest absolute Gasteiger partial charge is 0.427 e. The Morgan fingerprint density at radius 1 is 1.09 bits per heavy atom. The first-order valence-electron chi connectivity index (χ1n) is 11.4. The Kier molecular flexibility index (Phi) is 6.68. The highest BCUT2D eigenvalue weighted by molar-refractivity contribution is 5.78. The van der Waals surface area contributed by atoms with Crippen LogP contribution in [0.15, 0.2) is 42.6 Å². The van der Waals surface area contributed by atoms with Crippen LogP contribution in [0.5, 0.6) is 5.75 Å². The van der Waals surface area contributed by atoms with E-state index in [0.29, 0.717) is 12.2 Å². The molecule has 32 heavy (non-hydrogen) atoms. The standard InChI is InChI=1S/C27H37N3O2/c1-18(2)15-23(31)32-21-11-9-20(10-12-21)24-25(29-27(7,8)17-26(4,5)6)30-14-13-19(3)16-22(30)28-24/h9-14,16,18,29H,15,17H2,1-8H3. The average molecular weight is 436 g/mol. The molecule has 1 N–H and O–H groups in total. The van der Waals surface area contributed by atoms with Crippen molar-refractivity contribution in [1.29, 1.82) is 0 Å². The number of imidazole rings is 1. The lowest BCUT2D eigenvalue weighted by atomic mass is 9.82. The van der Waals surface area contributed by atoms with Crippen LogP contribution in [-0.4, -0.2) is 20.9 Å². The van der Waals surface area contributed by atoms with Gasteiger partial charge in [-0.25, -0.2) is 4.98 Å². The van der Waals surface area contributed by atoms with Crippen LogP contribution in [-0.2, 0) is 4.79 Å². The molecule has 0 aliphatic rings. The molecule has 1 aromatic carbocycles. The minimum absolute atomic E-state index is 0.125. The second-order valence-corrected chi connectivity index (χ2v) is 11.1. The molecule has 0 bridgehead atoms. The zero-order valence-corrected chi connectivity index (χ0v) is 20.7. The summed E-state index contributed by atoms with van der Waals surface area (Å²) in [6, 6.07) is 11.8. The van der Waals surface area contributed by atoms with E-state index in [1.54, 1.807) is 0 Å². The number of aromatic nitrogens is 2. The normalized spacial score (nSPS) is 12.4. The number of esters is 1. The molecule has 3 rings (SSSR count). The van der Waals surface area contributed by atoms with E-state index in [9.17, 15) is 4.79 Å². The van der Waals surface area contributed by atoms with E-state index in [4.69, 9.17) is 9.72 Å². The Morgan fingerprint density at radius 3 is 2.34 bits per heavy atom. The summed E-state index contributed by atoms with van der Waals surface area (Å²) < 4.78 is 7.59. The number of pyridine rings is 1. The van der Waals surface area contributed by atoms with E-state index in [2.05, 4.69) is 69.6 Å². The van der Waals surface area contributed by atoms with Gasteiger partial charge in [-0.1, -0.05) is 34.6 Å². The summed E-state index contributed by atoms with van der Waals surface area (Å²) in [5.41, 5.74) is 4.00. The molecule has 0 spiro atoms. The molecular formula is C27H37N3O2. The molecule has 2 heterocycles. The molecule has 0 aliphatic carbocycles. The molecule has 5 nitrogen and oxygen atoms in total. The number of rotatable bonds is 7. The number of anilines is 1. The van der Waals surface area contributed by atoms with Gasteiger partial charge in [-0.3, -0.25) is 9.20 Å². The van der Waals surface area contributed by atoms with E-state index in [1.807, 2.05) is 38.1 Å². The van der Waals surface area contributed by atoms with Gasteiger partial charge in [-0.05, 0) is 80.5 Å². The molecule has 5 heteroatoms. The first-order chi connectivity index (χ1) is 14.8. The summed E-state index contributed by atoms with van der Waals surface area (Å²) in [5.74, 6) is 1.59. The molecule has 0 saturated carbocycles. The zero-order valence-electron chi connectivity index (χ0n) is 20.7. The predicted octanol–water partition coefficient (Wildman–Crippen LogP) is 6.89. The maximum absolute atomic E-state index is 12.0. The molecule has 0 aliphatic heterocycles. The molecule has 0 fully saturated rings. The Balaban J connectivity index is 1.97. The van der Waals surface area contributed by atoms with Crippen molar-refractivity contribution in [2.75, 3.05) is 5.32 Å². The Hall–Kier alpha value is -2.82. The molecule has 0 unspecified atom stereocenters. The highest BCUT2D eigenvalue weighted by Crippen LogP contribution is 2.35. The highest BCUT2D eigenvalue weighted by atomic mass is 16.5. The Labute approximate surface area is 192 Å². The maximum atomic E-state index is 12.0. The van der Waals surface area contributed by atoms with Crippen LogP contribution in [0, 0.1) is 18.3 Å². The lowest BCUT2D eigenvalue weighted by Gasteiger charge is -2.34. The summed E-state index contributed by atoms with van der Waals surface area (Å²) >= 11 is 0. The number of nitrogens with one attached hydrogen (secondary N) is 1. The fourth-order valence-corrected chi connectivity index (χ4v) is 4.35. The number of hydrogen-bond acceptors (Lipinski definition) is 4. The SMILES string of the molecule is Cc1ccn2c(NC(C)(C)CC(C)(C)C)c(-c3ccc(OC(=O)CC(C)C)cc3)nc2c1. The van der Waals surface area contributed by atoms with Gasteiger partial charge < -0.3 is 10.1 Å². The first-order valence-corrected chi connectivity index (χ1v) is 11.4. The van der Waals surface area contributed by atoms with Crippen molar-refractivity contribution < 1.29 is 9.53 Å². The number of aryl methyl sites for hydroxylation is 1. The summed E-state index contributed by atoms with van der Waals surface area (Å²) in [5, 5.41) is 3.77. The van der Waals surface area contributed by atoms with Crippen LogP contribution in [0.4, 0.5) is 5.82 Å². The summed E-state index contributed by atoms with van der Waals surface area (Å²) in [4.78, 5) is 17.0.